The van der Waals surface area contributed by atoms with E-state index in [0.29, 0.717) is 0 Å². The SMILES string of the molecule is CCN1CCN(C2CCN(Cc3cc(=O)c4cc(C)ccc4[nH]3)CC2)CC1. The van der Waals surface area contributed by atoms with E-state index in [4.69, 9.17) is 0 Å². The van der Waals surface area contributed by atoms with Crippen LogP contribution in [0.1, 0.15) is 31.0 Å². The van der Waals surface area contributed by atoms with Gasteiger partial charge >= 0.3 is 0 Å². The molecule has 0 saturated carbocycles. The van der Waals surface area contributed by atoms with Gasteiger partial charge < -0.3 is 9.88 Å². The third kappa shape index (κ3) is 4.26. The molecule has 0 radical (unpaired) electrons. The minimum absolute atomic E-state index is 0.131. The highest BCUT2D eigenvalue weighted by Gasteiger charge is 2.27. The summed E-state index contributed by atoms with van der Waals surface area (Å²) in [7, 11) is 0. The lowest BCUT2D eigenvalue weighted by molar-refractivity contribution is 0.0591. The van der Waals surface area contributed by atoms with E-state index in [-0.39, 0.29) is 5.43 Å². The monoisotopic (exact) mass is 368 g/mol. The summed E-state index contributed by atoms with van der Waals surface area (Å²) in [6, 6.07) is 8.59. The van der Waals surface area contributed by atoms with Crippen molar-refractivity contribution in [2.75, 3.05) is 45.8 Å². The molecule has 146 valence electrons. The number of fused-ring (bicyclic) bond motifs is 1. The first-order valence-corrected chi connectivity index (χ1v) is 10.4. The summed E-state index contributed by atoms with van der Waals surface area (Å²) < 4.78 is 0. The molecule has 1 N–H and O–H groups in total. The first kappa shape index (κ1) is 18.7. The van der Waals surface area contributed by atoms with Crippen LogP contribution in [0.25, 0.3) is 10.9 Å². The van der Waals surface area contributed by atoms with Gasteiger partial charge in [-0.25, -0.2) is 0 Å². The Morgan fingerprint density at radius 2 is 1.74 bits per heavy atom. The standard InChI is InChI=1S/C22H32N4O/c1-3-24-10-12-26(13-11-24)19-6-8-25(9-7-19)16-18-15-22(27)20-14-17(2)4-5-21(20)23-18/h4-5,14-15,19H,3,6-13,16H2,1-2H3,(H,23,27). The van der Waals surface area contributed by atoms with E-state index >= 15 is 0 Å². The second-order valence-electron chi connectivity index (χ2n) is 8.19. The van der Waals surface area contributed by atoms with Crippen LogP contribution in [0.4, 0.5) is 0 Å². The fourth-order valence-corrected chi connectivity index (χ4v) is 4.63. The van der Waals surface area contributed by atoms with Crippen LogP contribution < -0.4 is 5.43 Å². The summed E-state index contributed by atoms with van der Waals surface area (Å²) >= 11 is 0. The number of aryl methyl sites for hydroxylation is 1. The Bertz CT molecular complexity index is 830. The lowest BCUT2D eigenvalue weighted by atomic mass is 10.0. The van der Waals surface area contributed by atoms with Crippen LogP contribution in [0, 0.1) is 6.92 Å². The van der Waals surface area contributed by atoms with Crippen molar-refractivity contribution in [3.8, 4) is 0 Å². The molecule has 2 aromatic rings. The zero-order valence-corrected chi connectivity index (χ0v) is 16.7. The quantitative estimate of drug-likeness (QED) is 0.900. The van der Waals surface area contributed by atoms with Crippen LogP contribution in [0.5, 0.6) is 0 Å². The Hall–Kier alpha value is -1.69. The first-order valence-electron chi connectivity index (χ1n) is 10.4. The van der Waals surface area contributed by atoms with Gasteiger partial charge in [0.2, 0.25) is 0 Å². The molecule has 3 heterocycles. The van der Waals surface area contributed by atoms with E-state index in [9.17, 15) is 4.79 Å². The zero-order valence-electron chi connectivity index (χ0n) is 16.7. The van der Waals surface area contributed by atoms with Crippen molar-refractivity contribution >= 4 is 10.9 Å². The van der Waals surface area contributed by atoms with Crippen LogP contribution >= 0.6 is 0 Å². The fraction of sp³-hybridized carbons (Fsp3) is 0.591. The molecule has 1 aromatic carbocycles. The molecule has 0 bridgehead atoms. The summed E-state index contributed by atoms with van der Waals surface area (Å²) in [6.07, 6.45) is 2.48. The number of piperazine rings is 1. The van der Waals surface area contributed by atoms with Crippen LogP contribution in [-0.4, -0.2) is 71.5 Å². The van der Waals surface area contributed by atoms with Crippen molar-refractivity contribution in [3.05, 3.63) is 45.7 Å². The van der Waals surface area contributed by atoms with Gasteiger partial charge in [0.25, 0.3) is 0 Å². The highest BCUT2D eigenvalue weighted by atomic mass is 16.1. The highest BCUT2D eigenvalue weighted by Crippen LogP contribution is 2.20. The molecular weight excluding hydrogens is 336 g/mol. The van der Waals surface area contributed by atoms with Gasteiger partial charge in [-0.3, -0.25) is 14.6 Å². The largest absolute Gasteiger partial charge is 0.357 e. The number of nitrogens with one attached hydrogen (secondary N) is 1. The average molecular weight is 369 g/mol. The molecule has 4 rings (SSSR count). The zero-order chi connectivity index (χ0) is 18.8. The van der Waals surface area contributed by atoms with Crippen LogP contribution in [0.15, 0.2) is 29.1 Å². The molecule has 0 amide bonds. The molecule has 0 atom stereocenters. The molecule has 0 unspecified atom stereocenters. The van der Waals surface area contributed by atoms with Crippen LogP contribution in [0.3, 0.4) is 0 Å². The Kier molecular flexibility index (Phi) is 5.62. The number of aromatic amines is 1. The van der Waals surface area contributed by atoms with Crippen molar-refractivity contribution in [3.63, 3.8) is 0 Å². The van der Waals surface area contributed by atoms with Gasteiger partial charge in [-0.1, -0.05) is 18.6 Å². The van der Waals surface area contributed by atoms with E-state index in [1.54, 1.807) is 6.07 Å². The first-order chi connectivity index (χ1) is 13.1. The lowest BCUT2D eigenvalue weighted by Gasteiger charge is -2.42. The molecule has 1 aromatic heterocycles. The van der Waals surface area contributed by atoms with Crippen molar-refractivity contribution in [2.24, 2.45) is 0 Å². The predicted octanol–water partition coefficient (Wildman–Crippen LogP) is 2.44. The number of hydrogen-bond acceptors (Lipinski definition) is 4. The van der Waals surface area contributed by atoms with E-state index in [2.05, 4.69) is 32.7 Å². The van der Waals surface area contributed by atoms with Crippen LogP contribution in [-0.2, 0) is 6.54 Å². The fourth-order valence-electron chi connectivity index (χ4n) is 4.63. The maximum absolute atomic E-state index is 12.5. The molecule has 5 heteroatoms. The highest BCUT2D eigenvalue weighted by molar-refractivity contribution is 5.79. The Labute approximate surface area is 162 Å². The van der Waals surface area contributed by atoms with Crippen molar-refractivity contribution in [1.29, 1.82) is 0 Å². The molecule has 27 heavy (non-hydrogen) atoms. The topological polar surface area (TPSA) is 42.6 Å². The van der Waals surface area contributed by atoms with Gasteiger partial charge in [-0.05, 0) is 38.4 Å². The number of benzene rings is 1. The Morgan fingerprint density at radius 1 is 1.00 bits per heavy atom. The average Bonchev–Trinajstić information content (AvgIpc) is 2.69. The summed E-state index contributed by atoms with van der Waals surface area (Å²) in [5, 5.41) is 0.795. The summed E-state index contributed by atoms with van der Waals surface area (Å²) in [6.45, 7) is 13.4. The molecule has 2 aliphatic rings. The van der Waals surface area contributed by atoms with Gasteiger partial charge in [-0.15, -0.1) is 0 Å². The van der Waals surface area contributed by atoms with E-state index in [1.807, 2.05) is 19.1 Å². The van der Waals surface area contributed by atoms with Gasteiger partial charge in [0.05, 0.1) is 0 Å². The number of H-pyrrole nitrogens is 1. The summed E-state index contributed by atoms with van der Waals surface area (Å²) in [5.41, 5.74) is 3.24. The van der Waals surface area contributed by atoms with E-state index in [1.165, 1.54) is 45.6 Å². The summed E-state index contributed by atoms with van der Waals surface area (Å²) in [4.78, 5) is 23.7. The number of likely N-dealkylation sites (N-methyl/N-ethyl adjacent to an activating group) is 1. The van der Waals surface area contributed by atoms with Crippen molar-refractivity contribution in [1.82, 2.24) is 19.7 Å². The maximum Gasteiger partial charge on any atom is 0.189 e. The summed E-state index contributed by atoms with van der Waals surface area (Å²) in [5.74, 6) is 0. The van der Waals surface area contributed by atoms with Crippen LogP contribution in [0.2, 0.25) is 0 Å². The third-order valence-electron chi connectivity index (χ3n) is 6.36. The number of nitrogens with zero attached hydrogens (tertiary/aromatic N) is 3. The third-order valence-corrected chi connectivity index (χ3v) is 6.36. The number of pyridine rings is 1. The second-order valence-corrected chi connectivity index (χ2v) is 8.19. The van der Waals surface area contributed by atoms with Crippen molar-refractivity contribution < 1.29 is 0 Å². The van der Waals surface area contributed by atoms with Gasteiger partial charge in [-0.2, -0.15) is 0 Å². The van der Waals surface area contributed by atoms with Crippen molar-refractivity contribution in [2.45, 2.75) is 39.3 Å². The second kappa shape index (κ2) is 8.13. The number of hydrogen-bond donors (Lipinski definition) is 1. The van der Waals surface area contributed by atoms with E-state index in [0.717, 1.165) is 47.8 Å². The van der Waals surface area contributed by atoms with E-state index < -0.39 is 0 Å². The molecule has 2 saturated heterocycles. The minimum Gasteiger partial charge on any atom is -0.357 e. The lowest BCUT2D eigenvalue weighted by Crippen LogP contribution is -2.53. The number of rotatable bonds is 4. The molecular formula is C22H32N4O. The predicted molar refractivity (Wildman–Crippen MR) is 111 cm³/mol. The maximum atomic E-state index is 12.5. The van der Waals surface area contributed by atoms with Gasteiger partial charge in [0.1, 0.15) is 0 Å². The minimum atomic E-state index is 0.131. The number of aromatic nitrogens is 1. The number of likely N-dealkylation sites (tertiary alicyclic amines) is 1. The normalized spacial score (nSPS) is 21.1. The number of piperidine rings is 1. The van der Waals surface area contributed by atoms with Gasteiger partial charge in [0.15, 0.2) is 5.43 Å². The molecule has 0 spiro atoms. The van der Waals surface area contributed by atoms with Gasteiger partial charge in [0, 0.05) is 74.5 Å². The Balaban J connectivity index is 1.35. The molecule has 0 aliphatic carbocycles. The smallest absolute Gasteiger partial charge is 0.189 e. The molecule has 2 aliphatic heterocycles. The molecule has 5 nitrogen and oxygen atoms in total. The molecule has 2 fully saturated rings. The Morgan fingerprint density at radius 3 is 2.44 bits per heavy atom.